The van der Waals surface area contributed by atoms with Crippen LogP contribution in [0, 0.1) is 0 Å². The van der Waals surface area contributed by atoms with E-state index < -0.39 is 0 Å². The van der Waals surface area contributed by atoms with Crippen LogP contribution >= 0.6 is 11.3 Å². The fraction of sp³-hybridized carbons (Fsp3) is 0.364. The van der Waals surface area contributed by atoms with Gasteiger partial charge in [0.2, 0.25) is 0 Å². The van der Waals surface area contributed by atoms with E-state index in [2.05, 4.69) is 20.3 Å². The maximum Gasteiger partial charge on any atom is 0.252 e. The predicted octanol–water partition coefficient (Wildman–Crippen LogP) is 1.96. The molecule has 2 aromatic rings. The molecule has 0 fully saturated rings. The molecule has 0 unspecified atom stereocenters. The first-order chi connectivity index (χ1) is 8.15. The molecule has 2 heterocycles. The molecule has 0 aliphatic rings. The Kier molecular flexibility index (Phi) is 3.53. The Hall–Kier alpha value is -1.69. The summed E-state index contributed by atoms with van der Waals surface area (Å²) in [5.74, 6) is 1.48. The summed E-state index contributed by atoms with van der Waals surface area (Å²) in [6, 6.07) is 1.46. The lowest BCUT2D eigenvalue weighted by molar-refractivity contribution is 0.766. The molecule has 2 rings (SSSR count). The molecule has 0 spiro atoms. The van der Waals surface area contributed by atoms with Gasteiger partial charge in [-0.1, -0.05) is 13.8 Å². The van der Waals surface area contributed by atoms with Gasteiger partial charge in [0, 0.05) is 17.4 Å². The number of nitrogens with zero attached hydrogens (tertiary/aromatic N) is 2. The molecule has 17 heavy (non-hydrogen) atoms. The third-order valence-corrected chi connectivity index (χ3v) is 2.88. The fourth-order valence-corrected chi connectivity index (χ4v) is 1.90. The summed E-state index contributed by atoms with van der Waals surface area (Å²) in [5.41, 5.74) is 2.59. The molecule has 0 aliphatic carbocycles. The van der Waals surface area contributed by atoms with Crippen molar-refractivity contribution >= 4 is 17.2 Å². The van der Waals surface area contributed by atoms with Crippen molar-refractivity contribution < 1.29 is 0 Å². The van der Waals surface area contributed by atoms with Crippen LogP contribution in [-0.2, 0) is 6.54 Å². The maximum atomic E-state index is 11.4. The van der Waals surface area contributed by atoms with Gasteiger partial charge in [-0.05, 0) is 0 Å². The van der Waals surface area contributed by atoms with Gasteiger partial charge in [0.1, 0.15) is 11.6 Å². The molecule has 5 nitrogen and oxygen atoms in total. The average molecular weight is 250 g/mol. The molecule has 2 N–H and O–H groups in total. The fourth-order valence-electron chi connectivity index (χ4n) is 1.35. The molecule has 0 bridgehead atoms. The lowest BCUT2D eigenvalue weighted by Gasteiger charge is -2.07. The molecule has 0 aliphatic heterocycles. The number of thiazole rings is 1. The summed E-state index contributed by atoms with van der Waals surface area (Å²) in [7, 11) is 0. The van der Waals surface area contributed by atoms with E-state index in [0.29, 0.717) is 18.2 Å². The molecule has 0 amide bonds. The number of nitrogens with one attached hydrogen (secondary N) is 2. The summed E-state index contributed by atoms with van der Waals surface area (Å²) in [6.07, 6.45) is 0. The Bertz CT molecular complexity index is 533. The highest BCUT2D eigenvalue weighted by Crippen LogP contribution is 2.10. The Morgan fingerprint density at radius 3 is 3.00 bits per heavy atom. The maximum absolute atomic E-state index is 11.4. The quantitative estimate of drug-likeness (QED) is 0.870. The molecule has 6 heteroatoms. The van der Waals surface area contributed by atoms with E-state index in [1.165, 1.54) is 6.07 Å². The molecule has 0 aromatic carbocycles. The predicted molar refractivity (Wildman–Crippen MR) is 68.4 cm³/mol. The van der Waals surface area contributed by atoms with Gasteiger partial charge in [0.15, 0.2) is 0 Å². The lowest BCUT2D eigenvalue weighted by Crippen LogP contribution is -2.14. The van der Waals surface area contributed by atoms with E-state index in [-0.39, 0.29) is 11.5 Å². The summed E-state index contributed by atoms with van der Waals surface area (Å²) >= 11 is 1.55. The second-order valence-electron chi connectivity index (χ2n) is 4.00. The van der Waals surface area contributed by atoms with Crippen molar-refractivity contribution in [3.8, 4) is 0 Å². The minimum absolute atomic E-state index is 0.135. The van der Waals surface area contributed by atoms with Crippen molar-refractivity contribution in [1.29, 1.82) is 0 Å². The second-order valence-corrected chi connectivity index (χ2v) is 4.72. The third kappa shape index (κ3) is 3.13. The van der Waals surface area contributed by atoms with Crippen LogP contribution in [0.1, 0.15) is 31.3 Å². The van der Waals surface area contributed by atoms with Crippen molar-refractivity contribution in [2.45, 2.75) is 26.3 Å². The van der Waals surface area contributed by atoms with Crippen molar-refractivity contribution in [3.05, 3.63) is 38.8 Å². The van der Waals surface area contributed by atoms with Crippen LogP contribution in [0.3, 0.4) is 0 Å². The lowest BCUT2D eigenvalue weighted by atomic mass is 10.2. The highest BCUT2D eigenvalue weighted by atomic mass is 32.1. The van der Waals surface area contributed by atoms with Crippen LogP contribution in [0.15, 0.2) is 21.8 Å². The van der Waals surface area contributed by atoms with Gasteiger partial charge in [0.05, 0.1) is 17.7 Å². The number of aromatic nitrogens is 3. The van der Waals surface area contributed by atoms with Crippen molar-refractivity contribution in [2.24, 2.45) is 0 Å². The van der Waals surface area contributed by atoms with E-state index in [1.807, 2.05) is 19.2 Å². The summed E-state index contributed by atoms with van der Waals surface area (Å²) in [5, 5.41) is 5.06. The monoisotopic (exact) mass is 250 g/mol. The summed E-state index contributed by atoms with van der Waals surface area (Å²) < 4.78 is 0. The number of rotatable bonds is 4. The van der Waals surface area contributed by atoms with Crippen molar-refractivity contribution in [2.75, 3.05) is 5.32 Å². The number of aromatic amines is 1. The van der Waals surface area contributed by atoms with Crippen molar-refractivity contribution in [1.82, 2.24) is 15.0 Å². The van der Waals surface area contributed by atoms with Gasteiger partial charge < -0.3 is 10.3 Å². The average Bonchev–Trinajstić information content (AvgIpc) is 2.78. The normalized spacial score (nSPS) is 10.8. The van der Waals surface area contributed by atoms with Gasteiger partial charge >= 0.3 is 0 Å². The van der Waals surface area contributed by atoms with Crippen LogP contribution in [-0.4, -0.2) is 15.0 Å². The van der Waals surface area contributed by atoms with Crippen LogP contribution in [0.25, 0.3) is 0 Å². The van der Waals surface area contributed by atoms with E-state index in [9.17, 15) is 4.79 Å². The van der Waals surface area contributed by atoms with Crippen LogP contribution in [0.4, 0.5) is 5.82 Å². The number of H-pyrrole nitrogens is 1. The van der Waals surface area contributed by atoms with Crippen LogP contribution in [0.2, 0.25) is 0 Å². The van der Waals surface area contributed by atoms with Crippen LogP contribution < -0.4 is 10.9 Å². The van der Waals surface area contributed by atoms with Gasteiger partial charge in [-0.15, -0.1) is 11.3 Å². The van der Waals surface area contributed by atoms with Crippen molar-refractivity contribution in [3.63, 3.8) is 0 Å². The van der Waals surface area contributed by atoms with Gasteiger partial charge in [-0.25, -0.2) is 9.97 Å². The molecule has 0 atom stereocenters. The summed E-state index contributed by atoms with van der Waals surface area (Å²) in [4.78, 5) is 22.6. The SMILES string of the molecule is CC(C)c1nc(NCc2cscn2)cc(=O)[nH]1. The van der Waals surface area contributed by atoms with Gasteiger partial charge in [-0.3, -0.25) is 4.79 Å². The Morgan fingerprint density at radius 1 is 1.53 bits per heavy atom. The Morgan fingerprint density at radius 2 is 2.35 bits per heavy atom. The first-order valence-electron chi connectivity index (χ1n) is 5.37. The zero-order valence-corrected chi connectivity index (χ0v) is 10.5. The highest BCUT2D eigenvalue weighted by molar-refractivity contribution is 7.07. The zero-order valence-electron chi connectivity index (χ0n) is 9.73. The minimum atomic E-state index is -0.135. The smallest absolute Gasteiger partial charge is 0.252 e. The van der Waals surface area contributed by atoms with Crippen LogP contribution in [0.5, 0.6) is 0 Å². The number of hydrogen-bond donors (Lipinski definition) is 2. The molecule has 0 saturated carbocycles. The number of anilines is 1. The molecule has 0 saturated heterocycles. The van der Waals surface area contributed by atoms with Gasteiger partial charge in [0.25, 0.3) is 5.56 Å². The Balaban J connectivity index is 2.13. The standard InChI is InChI=1S/C11H14N4OS/c1-7(2)11-14-9(3-10(16)15-11)12-4-8-5-17-6-13-8/h3,5-7H,4H2,1-2H3,(H2,12,14,15,16). The Labute approximate surface area is 103 Å². The highest BCUT2D eigenvalue weighted by Gasteiger charge is 2.05. The summed E-state index contributed by atoms with van der Waals surface area (Å²) in [6.45, 7) is 4.56. The molecular formula is C11H14N4OS. The number of hydrogen-bond acceptors (Lipinski definition) is 5. The first-order valence-corrected chi connectivity index (χ1v) is 6.31. The largest absolute Gasteiger partial charge is 0.364 e. The van der Waals surface area contributed by atoms with E-state index in [4.69, 9.17) is 0 Å². The third-order valence-electron chi connectivity index (χ3n) is 2.24. The topological polar surface area (TPSA) is 70.7 Å². The van der Waals surface area contributed by atoms with E-state index in [1.54, 1.807) is 16.8 Å². The second kappa shape index (κ2) is 5.09. The van der Waals surface area contributed by atoms with E-state index in [0.717, 1.165) is 5.69 Å². The van der Waals surface area contributed by atoms with Gasteiger partial charge in [-0.2, -0.15) is 0 Å². The van der Waals surface area contributed by atoms with E-state index >= 15 is 0 Å². The molecule has 2 aromatic heterocycles. The zero-order chi connectivity index (χ0) is 12.3. The molecular weight excluding hydrogens is 236 g/mol. The molecule has 90 valence electrons. The molecule has 0 radical (unpaired) electrons. The first kappa shape index (κ1) is 11.8. The minimum Gasteiger partial charge on any atom is -0.364 e.